The van der Waals surface area contributed by atoms with Crippen LogP contribution in [-0.2, 0) is 0 Å². The quantitative estimate of drug-likeness (QED) is 0.237. The lowest BCUT2D eigenvalue weighted by molar-refractivity contribution is 1.18. The summed E-state index contributed by atoms with van der Waals surface area (Å²) in [5.41, 5.74) is 8.29. The first-order chi connectivity index (χ1) is 17.8. The maximum atomic E-state index is 6.28. The lowest BCUT2D eigenvalue weighted by atomic mass is 9.94. The molecule has 0 fully saturated rings. The van der Waals surface area contributed by atoms with Crippen molar-refractivity contribution >= 4 is 44.2 Å². The molecule has 36 heavy (non-hydrogen) atoms. The molecular weight excluding hydrogens is 458 g/mol. The van der Waals surface area contributed by atoms with E-state index in [0.717, 1.165) is 16.3 Å². The number of benzene rings is 6. The maximum absolute atomic E-state index is 6.28. The summed E-state index contributed by atoms with van der Waals surface area (Å²) in [5.74, 6) is 0. The van der Waals surface area contributed by atoms with Crippen molar-refractivity contribution in [3.8, 4) is 27.9 Å². The number of hydrogen-bond acceptors (Lipinski definition) is 0. The van der Waals surface area contributed by atoms with Gasteiger partial charge in [-0.05, 0) is 63.9 Å². The van der Waals surface area contributed by atoms with Crippen LogP contribution in [0.25, 0.3) is 60.5 Å². The van der Waals surface area contributed by atoms with E-state index in [2.05, 4.69) is 126 Å². The average Bonchev–Trinajstić information content (AvgIpc) is 3.27. The van der Waals surface area contributed by atoms with Gasteiger partial charge < -0.3 is 4.57 Å². The highest BCUT2D eigenvalue weighted by Crippen LogP contribution is 2.39. The number of halogens is 1. The Hall–Kier alpha value is -4.33. The van der Waals surface area contributed by atoms with Gasteiger partial charge in [-0.2, -0.15) is 0 Å². The summed E-state index contributed by atoms with van der Waals surface area (Å²) in [4.78, 5) is 0. The number of rotatable bonds is 3. The van der Waals surface area contributed by atoms with Crippen molar-refractivity contribution in [3.05, 3.63) is 138 Å². The van der Waals surface area contributed by atoms with Crippen LogP contribution in [0.5, 0.6) is 0 Å². The van der Waals surface area contributed by atoms with E-state index in [4.69, 9.17) is 11.6 Å². The molecule has 0 atom stereocenters. The van der Waals surface area contributed by atoms with Gasteiger partial charge in [0.15, 0.2) is 0 Å². The van der Waals surface area contributed by atoms with E-state index in [9.17, 15) is 0 Å². The van der Waals surface area contributed by atoms with Crippen molar-refractivity contribution in [2.75, 3.05) is 0 Å². The van der Waals surface area contributed by atoms with Gasteiger partial charge in [-0.25, -0.2) is 0 Å². The van der Waals surface area contributed by atoms with Crippen molar-refractivity contribution in [3.63, 3.8) is 0 Å². The Balaban J connectivity index is 1.56. The van der Waals surface area contributed by atoms with Crippen LogP contribution in [-0.4, -0.2) is 4.57 Å². The predicted molar refractivity (Wildman–Crippen MR) is 154 cm³/mol. The molecule has 170 valence electrons. The second kappa shape index (κ2) is 8.41. The molecular formula is C34H22ClN. The molecule has 7 rings (SSSR count). The summed E-state index contributed by atoms with van der Waals surface area (Å²) in [6.45, 7) is 0. The Labute approximate surface area is 214 Å². The molecule has 0 N–H and O–H groups in total. The van der Waals surface area contributed by atoms with Gasteiger partial charge in [-0.15, -0.1) is 0 Å². The Kier molecular flexibility index (Phi) is 4.90. The van der Waals surface area contributed by atoms with Gasteiger partial charge in [0.2, 0.25) is 0 Å². The van der Waals surface area contributed by atoms with Crippen LogP contribution in [0.15, 0.2) is 133 Å². The summed E-state index contributed by atoms with van der Waals surface area (Å²) in [6.07, 6.45) is 0. The molecule has 0 saturated carbocycles. The van der Waals surface area contributed by atoms with Gasteiger partial charge in [0, 0.05) is 21.4 Å². The number of nitrogens with zero attached hydrogens (tertiary/aromatic N) is 1. The van der Waals surface area contributed by atoms with Crippen LogP contribution in [0.4, 0.5) is 0 Å². The van der Waals surface area contributed by atoms with Crippen LogP contribution in [0.3, 0.4) is 0 Å². The summed E-state index contributed by atoms with van der Waals surface area (Å²) in [6, 6.07) is 47.4. The Morgan fingerprint density at radius 3 is 1.75 bits per heavy atom. The molecule has 0 radical (unpaired) electrons. The van der Waals surface area contributed by atoms with Gasteiger partial charge in [-0.1, -0.05) is 109 Å². The molecule has 0 unspecified atom stereocenters. The highest BCUT2D eigenvalue weighted by molar-refractivity contribution is 6.30. The minimum atomic E-state index is 0.738. The first kappa shape index (κ1) is 21.0. The molecule has 7 aromatic rings. The van der Waals surface area contributed by atoms with Crippen molar-refractivity contribution in [1.29, 1.82) is 0 Å². The summed E-state index contributed by atoms with van der Waals surface area (Å²) in [5, 5.41) is 5.75. The fourth-order valence-corrected chi connectivity index (χ4v) is 5.54. The minimum Gasteiger partial charge on any atom is -0.309 e. The lowest BCUT2D eigenvalue weighted by Gasteiger charge is -2.17. The third kappa shape index (κ3) is 3.32. The smallest absolute Gasteiger partial charge is 0.0541 e. The molecule has 1 aromatic heterocycles. The molecule has 0 aliphatic rings. The highest BCUT2D eigenvalue weighted by atomic mass is 35.5. The molecule has 0 aliphatic carbocycles. The molecule has 0 saturated heterocycles. The van der Waals surface area contributed by atoms with E-state index in [1.807, 2.05) is 12.1 Å². The van der Waals surface area contributed by atoms with Crippen molar-refractivity contribution in [2.24, 2.45) is 0 Å². The third-order valence-electron chi connectivity index (χ3n) is 7.07. The molecule has 0 spiro atoms. The highest BCUT2D eigenvalue weighted by Gasteiger charge is 2.16. The topological polar surface area (TPSA) is 4.93 Å². The molecule has 1 nitrogen and oxygen atoms in total. The van der Waals surface area contributed by atoms with Gasteiger partial charge >= 0.3 is 0 Å². The SMILES string of the molecule is Clc1ccc(-c2cc(-c3cccc4ccccc34)ccc2-n2c3ccccc3c3ccccc32)cc1. The Bertz CT molecular complexity index is 1830. The summed E-state index contributed by atoms with van der Waals surface area (Å²) in [7, 11) is 0. The first-order valence-corrected chi connectivity index (χ1v) is 12.5. The van der Waals surface area contributed by atoms with Gasteiger partial charge in [0.1, 0.15) is 0 Å². The van der Waals surface area contributed by atoms with E-state index in [0.29, 0.717) is 0 Å². The average molecular weight is 480 g/mol. The maximum Gasteiger partial charge on any atom is 0.0541 e. The summed E-state index contributed by atoms with van der Waals surface area (Å²) < 4.78 is 2.39. The van der Waals surface area contributed by atoms with Crippen LogP contribution in [0.1, 0.15) is 0 Å². The van der Waals surface area contributed by atoms with Gasteiger partial charge in [0.05, 0.1) is 16.7 Å². The molecule has 0 aliphatic heterocycles. The van der Waals surface area contributed by atoms with E-state index in [1.165, 1.54) is 49.3 Å². The fraction of sp³-hybridized carbons (Fsp3) is 0. The minimum absolute atomic E-state index is 0.738. The predicted octanol–water partition coefficient (Wildman–Crippen LogP) is 9.92. The standard InChI is InChI=1S/C34H22ClN/c35-26-19-16-24(17-20-26)31-22-25(28-13-7-9-23-8-1-2-10-27(23)28)18-21-34(31)36-32-14-5-3-11-29(32)30-12-4-6-15-33(30)36/h1-22H. The molecule has 0 amide bonds. The first-order valence-electron chi connectivity index (χ1n) is 12.1. The van der Waals surface area contributed by atoms with Crippen molar-refractivity contribution in [2.45, 2.75) is 0 Å². The van der Waals surface area contributed by atoms with Crippen LogP contribution in [0, 0.1) is 0 Å². The number of aromatic nitrogens is 1. The fourth-order valence-electron chi connectivity index (χ4n) is 5.42. The largest absolute Gasteiger partial charge is 0.309 e. The Morgan fingerprint density at radius 1 is 0.444 bits per heavy atom. The van der Waals surface area contributed by atoms with E-state index < -0.39 is 0 Å². The molecule has 2 heteroatoms. The lowest BCUT2D eigenvalue weighted by Crippen LogP contribution is -1.98. The summed E-state index contributed by atoms with van der Waals surface area (Å²) >= 11 is 6.28. The van der Waals surface area contributed by atoms with Crippen molar-refractivity contribution in [1.82, 2.24) is 4.57 Å². The second-order valence-electron chi connectivity index (χ2n) is 9.14. The number of para-hydroxylation sites is 2. The zero-order valence-electron chi connectivity index (χ0n) is 19.5. The molecule has 6 aromatic carbocycles. The molecule has 1 heterocycles. The Morgan fingerprint density at radius 2 is 1.03 bits per heavy atom. The van der Waals surface area contributed by atoms with Crippen LogP contribution >= 0.6 is 11.6 Å². The second-order valence-corrected chi connectivity index (χ2v) is 9.57. The van der Waals surface area contributed by atoms with Gasteiger partial charge in [0.25, 0.3) is 0 Å². The van der Waals surface area contributed by atoms with Crippen LogP contribution < -0.4 is 0 Å². The monoisotopic (exact) mass is 479 g/mol. The third-order valence-corrected chi connectivity index (χ3v) is 7.33. The van der Waals surface area contributed by atoms with E-state index in [1.54, 1.807) is 0 Å². The van der Waals surface area contributed by atoms with Gasteiger partial charge in [-0.3, -0.25) is 0 Å². The van der Waals surface area contributed by atoms with Crippen molar-refractivity contribution < 1.29 is 0 Å². The van der Waals surface area contributed by atoms with Crippen LogP contribution in [0.2, 0.25) is 5.02 Å². The normalized spacial score (nSPS) is 11.5. The molecule has 0 bridgehead atoms. The zero-order valence-corrected chi connectivity index (χ0v) is 20.3. The zero-order chi connectivity index (χ0) is 24.1. The number of hydrogen-bond donors (Lipinski definition) is 0. The van der Waals surface area contributed by atoms with E-state index >= 15 is 0 Å². The number of fused-ring (bicyclic) bond motifs is 4. The van der Waals surface area contributed by atoms with E-state index in [-0.39, 0.29) is 0 Å².